The molecule has 4 nitrogen and oxygen atoms in total. The van der Waals surface area contributed by atoms with Crippen molar-refractivity contribution in [2.24, 2.45) is 0 Å². The standard InChI is InChI=1S/C16H23N3OS/c1-6-11-7-13-14(18-15(11)20)8-12(9-17-13)10(2)19-21-16(3,4)5/h7-10,19H,6H2,1-5H3,(H,18,20)/t10-/m0/s1. The molecule has 21 heavy (non-hydrogen) atoms. The van der Waals surface area contributed by atoms with E-state index in [2.05, 4.69) is 42.4 Å². The van der Waals surface area contributed by atoms with Crippen molar-refractivity contribution in [2.75, 3.05) is 0 Å². The fraction of sp³-hybridized carbons (Fsp3) is 0.500. The first-order valence-electron chi connectivity index (χ1n) is 7.25. The quantitative estimate of drug-likeness (QED) is 0.848. The van der Waals surface area contributed by atoms with Crippen LogP contribution in [-0.2, 0) is 6.42 Å². The molecule has 2 N–H and O–H groups in total. The van der Waals surface area contributed by atoms with Crippen molar-refractivity contribution in [3.63, 3.8) is 0 Å². The number of aromatic nitrogens is 2. The highest BCUT2D eigenvalue weighted by Crippen LogP contribution is 2.25. The summed E-state index contributed by atoms with van der Waals surface area (Å²) in [6.45, 7) is 10.6. The number of H-pyrrole nitrogens is 1. The molecule has 2 rings (SSSR count). The maximum atomic E-state index is 11.9. The third kappa shape index (κ3) is 4.08. The lowest BCUT2D eigenvalue weighted by molar-refractivity contribution is 0.722. The molecule has 0 fully saturated rings. The molecule has 0 aromatic carbocycles. The predicted octanol–water partition coefficient (Wildman–Crippen LogP) is 3.58. The first-order valence-corrected chi connectivity index (χ1v) is 8.07. The Morgan fingerprint density at radius 2 is 2.10 bits per heavy atom. The predicted molar refractivity (Wildman–Crippen MR) is 90.6 cm³/mol. The normalized spacial score (nSPS) is 13.6. The number of pyridine rings is 2. The van der Waals surface area contributed by atoms with E-state index in [-0.39, 0.29) is 16.3 Å². The van der Waals surface area contributed by atoms with Crippen LogP contribution < -0.4 is 10.3 Å². The Hall–Kier alpha value is -1.33. The fourth-order valence-corrected chi connectivity index (χ4v) is 2.64. The second kappa shape index (κ2) is 6.20. The summed E-state index contributed by atoms with van der Waals surface area (Å²) >= 11 is 1.70. The maximum absolute atomic E-state index is 11.9. The van der Waals surface area contributed by atoms with Crippen molar-refractivity contribution in [1.29, 1.82) is 0 Å². The summed E-state index contributed by atoms with van der Waals surface area (Å²) < 4.78 is 3.58. The molecule has 114 valence electrons. The van der Waals surface area contributed by atoms with Gasteiger partial charge in [0.1, 0.15) is 0 Å². The molecule has 2 aromatic rings. The third-order valence-corrected chi connectivity index (χ3v) is 4.30. The van der Waals surface area contributed by atoms with Crippen LogP contribution in [0.25, 0.3) is 11.0 Å². The molecule has 2 heterocycles. The zero-order chi connectivity index (χ0) is 15.6. The maximum Gasteiger partial charge on any atom is 0.251 e. The highest BCUT2D eigenvalue weighted by molar-refractivity contribution is 7.98. The van der Waals surface area contributed by atoms with Crippen LogP contribution in [0.4, 0.5) is 0 Å². The van der Waals surface area contributed by atoms with E-state index in [1.165, 1.54) is 0 Å². The number of hydrogen-bond acceptors (Lipinski definition) is 4. The smallest absolute Gasteiger partial charge is 0.251 e. The molecule has 0 saturated carbocycles. The zero-order valence-electron chi connectivity index (χ0n) is 13.3. The number of rotatable bonds is 4. The van der Waals surface area contributed by atoms with Gasteiger partial charge in [0.05, 0.1) is 11.0 Å². The van der Waals surface area contributed by atoms with Crippen molar-refractivity contribution in [3.8, 4) is 0 Å². The van der Waals surface area contributed by atoms with Crippen LogP contribution >= 0.6 is 11.9 Å². The molecule has 0 aliphatic heterocycles. The van der Waals surface area contributed by atoms with E-state index in [9.17, 15) is 4.79 Å². The van der Waals surface area contributed by atoms with E-state index in [4.69, 9.17) is 0 Å². The molecule has 0 saturated heterocycles. The Kier molecular flexibility index (Phi) is 4.74. The van der Waals surface area contributed by atoms with E-state index >= 15 is 0 Å². The molecule has 0 aliphatic rings. The minimum absolute atomic E-state index is 0.0198. The van der Waals surface area contributed by atoms with Gasteiger partial charge in [0.2, 0.25) is 0 Å². The molecule has 1 atom stereocenters. The van der Waals surface area contributed by atoms with E-state index in [0.717, 1.165) is 28.6 Å². The van der Waals surface area contributed by atoms with Crippen molar-refractivity contribution >= 4 is 23.0 Å². The average molecular weight is 305 g/mol. The molecule has 0 radical (unpaired) electrons. The topological polar surface area (TPSA) is 57.8 Å². The number of nitrogens with one attached hydrogen (secondary N) is 2. The van der Waals surface area contributed by atoms with Crippen LogP contribution in [0.1, 0.15) is 51.8 Å². The van der Waals surface area contributed by atoms with Gasteiger partial charge < -0.3 is 4.98 Å². The number of nitrogens with zero attached hydrogens (tertiary/aromatic N) is 1. The van der Waals surface area contributed by atoms with Gasteiger partial charge >= 0.3 is 0 Å². The van der Waals surface area contributed by atoms with Gasteiger partial charge in [0.25, 0.3) is 5.56 Å². The first kappa shape index (κ1) is 16.0. The number of aryl methyl sites for hydroxylation is 1. The van der Waals surface area contributed by atoms with Gasteiger partial charge in [-0.25, -0.2) is 0 Å². The first-order chi connectivity index (χ1) is 9.80. The summed E-state index contributed by atoms with van der Waals surface area (Å²) in [5.74, 6) is 0. The van der Waals surface area contributed by atoms with Gasteiger partial charge in [-0.15, -0.1) is 0 Å². The zero-order valence-corrected chi connectivity index (χ0v) is 14.1. The summed E-state index contributed by atoms with van der Waals surface area (Å²) in [7, 11) is 0. The molecule has 0 bridgehead atoms. The van der Waals surface area contributed by atoms with Gasteiger partial charge in [-0.1, -0.05) is 18.9 Å². The highest BCUT2D eigenvalue weighted by atomic mass is 32.2. The second-order valence-corrected chi connectivity index (χ2v) is 7.90. The SMILES string of the molecule is CCc1cc2ncc([C@H](C)NSC(C)(C)C)cc2[nH]c1=O. The highest BCUT2D eigenvalue weighted by Gasteiger charge is 2.14. The van der Waals surface area contributed by atoms with Crippen molar-refractivity contribution in [2.45, 2.75) is 51.8 Å². The molecule has 0 spiro atoms. The van der Waals surface area contributed by atoms with Gasteiger partial charge in [-0.05, 0) is 51.8 Å². The number of fused-ring (bicyclic) bond motifs is 1. The van der Waals surface area contributed by atoms with E-state index < -0.39 is 0 Å². The largest absolute Gasteiger partial charge is 0.320 e. The molecule has 5 heteroatoms. The summed E-state index contributed by atoms with van der Waals surface area (Å²) in [5.41, 5.74) is 3.46. The molecule has 0 aliphatic carbocycles. The van der Waals surface area contributed by atoms with Crippen molar-refractivity contribution in [1.82, 2.24) is 14.7 Å². The van der Waals surface area contributed by atoms with Gasteiger partial charge in [0.15, 0.2) is 0 Å². The molecular formula is C16H23N3OS. The van der Waals surface area contributed by atoms with Gasteiger partial charge in [-0.3, -0.25) is 14.5 Å². The lowest BCUT2D eigenvalue weighted by Crippen LogP contribution is -2.20. The Labute approximate surface area is 129 Å². The van der Waals surface area contributed by atoms with Crippen LogP contribution in [0.3, 0.4) is 0 Å². The number of aromatic amines is 1. The summed E-state index contributed by atoms with van der Waals surface area (Å²) in [4.78, 5) is 19.3. The molecular weight excluding hydrogens is 282 g/mol. The van der Waals surface area contributed by atoms with Gasteiger partial charge in [0, 0.05) is 22.5 Å². The number of hydrogen-bond donors (Lipinski definition) is 2. The van der Waals surface area contributed by atoms with E-state index in [1.54, 1.807) is 11.9 Å². The molecule has 0 unspecified atom stereocenters. The minimum atomic E-state index is -0.0198. The monoisotopic (exact) mass is 305 g/mol. The van der Waals surface area contributed by atoms with Crippen LogP contribution in [0, 0.1) is 0 Å². The lowest BCUT2D eigenvalue weighted by Gasteiger charge is -2.21. The van der Waals surface area contributed by atoms with Crippen LogP contribution in [0.2, 0.25) is 0 Å². The Morgan fingerprint density at radius 3 is 2.71 bits per heavy atom. The van der Waals surface area contributed by atoms with Crippen LogP contribution in [0.15, 0.2) is 23.1 Å². The minimum Gasteiger partial charge on any atom is -0.320 e. The molecule has 0 amide bonds. The van der Waals surface area contributed by atoms with Crippen molar-refractivity contribution < 1.29 is 0 Å². The summed E-state index contributed by atoms with van der Waals surface area (Å²) in [6.07, 6.45) is 2.59. The Morgan fingerprint density at radius 1 is 1.38 bits per heavy atom. The average Bonchev–Trinajstić information content (AvgIpc) is 2.42. The van der Waals surface area contributed by atoms with E-state index in [0.29, 0.717) is 0 Å². The van der Waals surface area contributed by atoms with E-state index in [1.807, 2.05) is 25.3 Å². The molecule has 2 aromatic heterocycles. The van der Waals surface area contributed by atoms with Crippen LogP contribution in [0.5, 0.6) is 0 Å². The third-order valence-electron chi connectivity index (χ3n) is 3.21. The fourth-order valence-electron chi connectivity index (χ4n) is 1.97. The Bertz CT molecular complexity index is 688. The van der Waals surface area contributed by atoms with Crippen LogP contribution in [-0.4, -0.2) is 14.7 Å². The summed E-state index contributed by atoms with van der Waals surface area (Å²) in [6, 6.07) is 4.05. The van der Waals surface area contributed by atoms with Gasteiger partial charge in [-0.2, -0.15) is 0 Å². The Balaban J connectivity index is 2.28. The summed E-state index contributed by atoms with van der Waals surface area (Å²) in [5, 5.41) is 0. The van der Waals surface area contributed by atoms with Crippen molar-refractivity contribution in [3.05, 3.63) is 39.8 Å². The lowest BCUT2D eigenvalue weighted by atomic mass is 10.1. The second-order valence-electron chi connectivity index (χ2n) is 6.23.